The predicted octanol–water partition coefficient (Wildman–Crippen LogP) is 2.06. The van der Waals surface area contributed by atoms with Crippen molar-refractivity contribution in [2.24, 2.45) is 11.8 Å². The summed E-state index contributed by atoms with van der Waals surface area (Å²) in [4.78, 5) is 26.3. The Morgan fingerprint density at radius 3 is 2.68 bits per heavy atom. The van der Waals surface area contributed by atoms with Gasteiger partial charge in [-0.1, -0.05) is 12.1 Å². The number of nitrogens with zero attached hydrogens (tertiary/aromatic N) is 2. The summed E-state index contributed by atoms with van der Waals surface area (Å²) in [6.07, 6.45) is 1.64. The SMILES string of the molecule is COc1cccc(F)c1O[C@@H]1C[C@@H]2CN(C(=O)CCn3ccccc3=O)C[C@@H]2C[C@H]1O. The minimum atomic E-state index is -0.747. The lowest BCUT2D eigenvalue weighted by Gasteiger charge is -2.35. The van der Waals surface area contributed by atoms with Crippen molar-refractivity contribution < 1.29 is 23.8 Å². The maximum atomic E-state index is 14.2. The third kappa shape index (κ3) is 4.58. The first-order chi connectivity index (χ1) is 15.0. The van der Waals surface area contributed by atoms with E-state index in [1.807, 2.05) is 4.90 Å². The quantitative estimate of drug-likeness (QED) is 0.759. The standard InChI is InChI=1S/C23H27FN2O5/c1-30-19-6-4-5-17(24)23(19)31-20-12-16-14-26(13-15(16)11-18(20)27)22(29)8-10-25-9-3-2-7-21(25)28/h2-7,9,15-16,18,20,27H,8,10-14H2,1H3/t15-,16+,18+,20+/m0/s1. The smallest absolute Gasteiger partial charge is 0.250 e. The number of fused-ring (bicyclic) bond motifs is 1. The number of ether oxygens (including phenoxy) is 2. The molecule has 2 heterocycles. The van der Waals surface area contributed by atoms with Gasteiger partial charge in [-0.3, -0.25) is 9.59 Å². The van der Waals surface area contributed by atoms with Crippen LogP contribution in [0.4, 0.5) is 4.39 Å². The van der Waals surface area contributed by atoms with E-state index in [0.717, 1.165) is 0 Å². The van der Waals surface area contributed by atoms with Crippen molar-refractivity contribution in [1.82, 2.24) is 9.47 Å². The summed E-state index contributed by atoms with van der Waals surface area (Å²) in [5.74, 6) is 0.108. The largest absolute Gasteiger partial charge is 0.493 e. The van der Waals surface area contributed by atoms with Crippen LogP contribution in [0.3, 0.4) is 0 Å². The number of para-hydroxylation sites is 1. The zero-order valence-electron chi connectivity index (χ0n) is 17.4. The highest BCUT2D eigenvalue weighted by molar-refractivity contribution is 5.76. The van der Waals surface area contributed by atoms with Crippen LogP contribution >= 0.6 is 0 Å². The molecule has 1 N–H and O–H groups in total. The average Bonchev–Trinajstić information content (AvgIpc) is 3.17. The van der Waals surface area contributed by atoms with Crippen molar-refractivity contribution in [3.63, 3.8) is 0 Å². The van der Waals surface area contributed by atoms with Gasteiger partial charge in [-0.25, -0.2) is 4.39 Å². The number of aryl methyl sites for hydroxylation is 1. The number of halogens is 1. The van der Waals surface area contributed by atoms with Gasteiger partial charge in [0.25, 0.3) is 5.56 Å². The number of rotatable bonds is 6. The fourth-order valence-electron chi connectivity index (χ4n) is 4.66. The van der Waals surface area contributed by atoms with Crippen LogP contribution in [0.15, 0.2) is 47.4 Å². The van der Waals surface area contributed by atoms with Crippen molar-refractivity contribution >= 4 is 5.91 Å². The average molecular weight is 430 g/mol. The Morgan fingerprint density at radius 1 is 1.16 bits per heavy atom. The van der Waals surface area contributed by atoms with Gasteiger partial charge in [-0.15, -0.1) is 0 Å². The van der Waals surface area contributed by atoms with E-state index in [1.54, 1.807) is 30.5 Å². The summed E-state index contributed by atoms with van der Waals surface area (Å²) in [5.41, 5.74) is -0.128. The number of carbonyl (C=O) groups excluding carboxylic acids is 1. The predicted molar refractivity (Wildman–Crippen MR) is 111 cm³/mol. The fourth-order valence-corrected chi connectivity index (χ4v) is 4.66. The van der Waals surface area contributed by atoms with Crippen molar-refractivity contribution in [1.29, 1.82) is 0 Å². The number of pyridine rings is 1. The zero-order chi connectivity index (χ0) is 22.0. The van der Waals surface area contributed by atoms with E-state index < -0.39 is 18.0 Å². The number of aliphatic hydroxyl groups excluding tert-OH is 1. The van der Waals surface area contributed by atoms with Crippen LogP contribution in [0.25, 0.3) is 0 Å². The van der Waals surface area contributed by atoms with Gasteiger partial charge in [0, 0.05) is 38.3 Å². The Bertz CT molecular complexity index is 994. The van der Waals surface area contributed by atoms with Crippen LogP contribution < -0.4 is 15.0 Å². The number of hydrogen-bond acceptors (Lipinski definition) is 5. The van der Waals surface area contributed by atoms with Gasteiger partial charge < -0.3 is 24.0 Å². The summed E-state index contributed by atoms with van der Waals surface area (Å²) < 4.78 is 26.8. The lowest BCUT2D eigenvalue weighted by molar-refractivity contribution is -0.130. The van der Waals surface area contributed by atoms with Gasteiger partial charge in [-0.05, 0) is 42.9 Å². The van der Waals surface area contributed by atoms with Gasteiger partial charge in [0.05, 0.1) is 13.2 Å². The Hall–Kier alpha value is -2.87. The first-order valence-electron chi connectivity index (χ1n) is 10.6. The lowest BCUT2D eigenvalue weighted by atomic mass is 9.78. The van der Waals surface area contributed by atoms with E-state index in [0.29, 0.717) is 32.5 Å². The van der Waals surface area contributed by atoms with Gasteiger partial charge in [0.2, 0.25) is 5.91 Å². The molecule has 2 aliphatic rings. The lowest BCUT2D eigenvalue weighted by Crippen LogP contribution is -2.42. The molecule has 1 saturated heterocycles. The first-order valence-corrected chi connectivity index (χ1v) is 10.6. The molecule has 0 unspecified atom stereocenters. The molecule has 7 nitrogen and oxygen atoms in total. The van der Waals surface area contributed by atoms with E-state index in [2.05, 4.69) is 0 Å². The Balaban J connectivity index is 1.37. The highest BCUT2D eigenvalue weighted by Crippen LogP contribution is 2.40. The summed E-state index contributed by atoms with van der Waals surface area (Å²) in [5, 5.41) is 10.6. The molecule has 0 radical (unpaired) electrons. The van der Waals surface area contributed by atoms with Gasteiger partial charge >= 0.3 is 0 Å². The highest BCUT2D eigenvalue weighted by Gasteiger charge is 2.44. The molecule has 8 heteroatoms. The summed E-state index contributed by atoms with van der Waals surface area (Å²) >= 11 is 0. The molecule has 1 saturated carbocycles. The number of hydrogen-bond donors (Lipinski definition) is 1. The van der Waals surface area contributed by atoms with E-state index in [4.69, 9.17) is 9.47 Å². The molecule has 1 aliphatic carbocycles. The van der Waals surface area contributed by atoms with Crippen molar-refractivity contribution in [2.75, 3.05) is 20.2 Å². The van der Waals surface area contributed by atoms with Gasteiger partial charge in [-0.2, -0.15) is 0 Å². The van der Waals surface area contributed by atoms with Gasteiger partial charge in [0.15, 0.2) is 17.3 Å². The molecular formula is C23H27FN2O5. The van der Waals surface area contributed by atoms with Crippen LogP contribution in [-0.4, -0.2) is 52.9 Å². The molecular weight excluding hydrogens is 403 g/mol. The Kier molecular flexibility index (Phi) is 6.27. The summed E-state index contributed by atoms with van der Waals surface area (Å²) in [7, 11) is 1.44. The van der Waals surface area contributed by atoms with Crippen molar-refractivity contribution in [3.8, 4) is 11.5 Å². The number of aromatic nitrogens is 1. The second-order valence-corrected chi connectivity index (χ2v) is 8.27. The highest BCUT2D eigenvalue weighted by atomic mass is 19.1. The normalized spacial score (nSPS) is 25.2. The molecule has 0 bridgehead atoms. The molecule has 31 heavy (non-hydrogen) atoms. The second kappa shape index (κ2) is 9.09. The van der Waals surface area contributed by atoms with Crippen LogP contribution in [0.2, 0.25) is 0 Å². The maximum Gasteiger partial charge on any atom is 0.250 e. The number of likely N-dealkylation sites (tertiary alicyclic amines) is 1. The van der Waals surface area contributed by atoms with E-state index in [-0.39, 0.29) is 41.2 Å². The maximum absolute atomic E-state index is 14.2. The molecule has 4 rings (SSSR count). The molecule has 2 aromatic rings. The van der Waals surface area contributed by atoms with E-state index in [9.17, 15) is 19.1 Å². The van der Waals surface area contributed by atoms with E-state index >= 15 is 0 Å². The number of aliphatic hydroxyl groups is 1. The second-order valence-electron chi connectivity index (χ2n) is 8.27. The Morgan fingerprint density at radius 2 is 1.94 bits per heavy atom. The van der Waals surface area contributed by atoms with Crippen LogP contribution in [0.1, 0.15) is 19.3 Å². The molecule has 2 fully saturated rings. The topological polar surface area (TPSA) is 81.0 Å². The molecule has 1 aromatic carbocycles. The summed E-state index contributed by atoms with van der Waals surface area (Å²) in [6, 6.07) is 9.36. The minimum Gasteiger partial charge on any atom is -0.493 e. The number of methoxy groups -OCH3 is 1. The molecule has 166 valence electrons. The van der Waals surface area contributed by atoms with Crippen molar-refractivity contribution in [3.05, 3.63) is 58.8 Å². The minimum absolute atomic E-state index is 0.00623. The first kappa shape index (κ1) is 21.4. The van der Waals surface area contributed by atoms with E-state index in [1.165, 1.54) is 23.8 Å². The number of amides is 1. The number of benzene rings is 1. The monoisotopic (exact) mass is 430 g/mol. The molecule has 1 aliphatic heterocycles. The Labute approximate surface area is 180 Å². The number of carbonyl (C=O) groups is 1. The molecule has 1 aromatic heterocycles. The molecule has 0 spiro atoms. The zero-order valence-corrected chi connectivity index (χ0v) is 17.4. The third-order valence-corrected chi connectivity index (χ3v) is 6.32. The summed E-state index contributed by atoms with van der Waals surface area (Å²) in [6.45, 7) is 1.50. The fraction of sp³-hybridized carbons (Fsp3) is 0.478. The van der Waals surface area contributed by atoms with Crippen LogP contribution in [0, 0.1) is 17.7 Å². The molecule has 4 atom stereocenters. The third-order valence-electron chi connectivity index (χ3n) is 6.32. The van der Waals surface area contributed by atoms with Gasteiger partial charge in [0.1, 0.15) is 6.10 Å². The molecule has 1 amide bonds. The van der Waals surface area contributed by atoms with Crippen LogP contribution in [-0.2, 0) is 11.3 Å². The van der Waals surface area contributed by atoms with Crippen molar-refractivity contribution in [2.45, 2.75) is 38.0 Å². The van der Waals surface area contributed by atoms with Crippen LogP contribution in [0.5, 0.6) is 11.5 Å².